The molecule has 1 saturated heterocycles. The summed E-state index contributed by atoms with van der Waals surface area (Å²) in [5, 5.41) is 7.61. The van der Waals surface area contributed by atoms with Crippen molar-refractivity contribution in [2.75, 3.05) is 13.1 Å². The highest BCUT2D eigenvalue weighted by molar-refractivity contribution is 5.79. The molecule has 1 aliphatic rings. The summed E-state index contributed by atoms with van der Waals surface area (Å²) in [6.07, 6.45) is 4.79. The normalized spacial score (nSPS) is 20.9. The van der Waals surface area contributed by atoms with Crippen molar-refractivity contribution in [3.8, 4) is 0 Å². The van der Waals surface area contributed by atoms with Gasteiger partial charge in [0.2, 0.25) is 0 Å². The fourth-order valence-electron chi connectivity index (χ4n) is 1.41. The lowest BCUT2D eigenvalue weighted by Crippen LogP contribution is -2.29. The molecule has 1 rings (SSSR count). The molecule has 0 aromatic rings. The highest BCUT2D eigenvalue weighted by Gasteiger charge is 2.10. The van der Waals surface area contributed by atoms with Gasteiger partial charge < -0.3 is 4.90 Å². The number of hydrogen-bond donors (Lipinski definition) is 1. The summed E-state index contributed by atoms with van der Waals surface area (Å²) in [6, 6.07) is 0. The molecule has 58 valence electrons. The average molecular weight is 140 g/mol. The summed E-state index contributed by atoms with van der Waals surface area (Å²) in [4.78, 5) is 2.17. The van der Waals surface area contributed by atoms with Gasteiger partial charge in [0, 0.05) is 19.5 Å². The Balaban J connectivity index is 2.43. The minimum absolute atomic E-state index is 0.847. The molecule has 1 N–H and O–H groups in total. The van der Waals surface area contributed by atoms with Gasteiger partial charge in [0.05, 0.1) is 5.84 Å². The van der Waals surface area contributed by atoms with Crippen molar-refractivity contribution in [3.63, 3.8) is 0 Å². The summed E-state index contributed by atoms with van der Waals surface area (Å²) in [5.41, 5.74) is 0. The number of nitrogens with one attached hydrogen (secondary N) is 1. The van der Waals surface area contributed by atoms with Crippen molar-refractivity contribution >= 4 is 5.84 Å². The van der Waals surface area contributed by atoms with Crippen molar-refractivity contribution < 1.29 is 0 Å². The smallest absolute Gasteiger partial charge is 0.0957 e. The van der Waals surface area contributed by atoms with Gasteiger partial charge in [-0.3, -0.25) is 5.41 Å². The Morgan fingerprint density at radius 3 is 2.90 bits per heavy atom. The molecule has 2 heteroatoms. The summed E-state index contributed by atoms with van der Waals surface area (Å²) >= 11 is 0. The molecule has 0 aromatic heterocycles. The van der Waals surface area contributed by atoms with Crippen molar-refractivity contribution in [1.82, 2.24) is 4.90 Å². The van der Waals surface area contributed by atoms with Crippen LogP contribution in [-0.2, 0) is 0 Å². The molecule has 0 saturated carbocycles. The van der Waals surface area contributed by atoms with Gasteiger partial charge >= 0.3 is 0 Å². The van der Waals surface area contributed by atoms with Crippen LogP contribution in [0.2, 0.25) is 0 Å². The minimum Gasteiger partial charge on any atom is -0.361 e. The first-order valence-corrected chi connectivity index (χ1v) is 4.17. The van der Waals surface area contributed by atoms with Crippen LogP contribution in [0.15, 0.2) is 0 Å². The molecule has 0 atom stereocenters. The molecule has 0 aliphatic carbocycles. The maximum atomic E-state index is 7.61. The fourth-order valence-corrected chi connectivity index (χ4v) is 1.41. The maximum absolute atomic E-state index is 7.61. The zero-order valence-corrected chi connectivity index (χ0v) is 6.69. The molecule has 0 spiro atoms. The summed E-state index contributed by atoms with van der Waals surface area (Å²) < 4.78 is 0. The standard InChI is InChI=1S/C8H16N2/c1-2-10-7-5-3-4-6-8(10)9/h9H,2-7H2,1H3. The van der Waals surface area contributed by atoms with E-state index in [4.69, 9.17) is 5.41 Å². The lowest BCUT2D eigenvalue weighted by molar-refractivity contribution is 0.433. The van der Waals surface area contributed by atoms with E-state index < -0.39 is 0 Å². The molecule has 1 aliphatic heterocycles. The Hall–Kier alpha value is -0.530. The Kier molecular flexibility index (Phi) is 2.72. The highest BCUT2D eigenvalue weighted by atomic mass is 15.2. The van der Waals surface area contributed by atoms with Gasteiger partial charge in [-0.25, -0.2) is 0 Å². The van der Waals surface area contributed by atoms with Crippen molar-refractivity contribution in [2.45, 2.75) is 32.6 Å². The zero-order valence-electron chi connectivity index (χ0n) is 6.69. The Morgan fingerprint density at radius 2 is 2.20 bits per heavy atom. The first kappa shape index (κ1) is 7.58. The predicted octanol–water partition coefficient (Wildman–Crippen LogP) is 1.86. The predicted molar refractivity (Wildman–Crippen MR) is 43.4 cm³/mol. The van der Waals surface area contributed by atoms with Gasteiger partial charge in [-0.15, -0.1) is 0 Å². The quantitative estimate of drug-likeness (QED) is 0.591. The van der Waals surface area contributed by atoms with Gasteiger partial charge in [0.15, 0.2) is 0 Å². The van der Waals surface area contributed by atoms with Crippen LogP contribution >= 0.6 is 0 Å². The molecule has 10 heavy (non-hydrogen) atoms. The van der Waals surface area contributed by atoms with Crippen LogP contribution < -0.4 is 0 Å². The Morgan fingerprint density at radius 1 is 1.40 bits per heavy atom. The second-order valence-electron chi connectivity index (χ2n) is 2.84. The molecule has 2 nitrogen and oxygen atoms in total. The fraction of sp³-hybridized carbons (Fsp3) is 0.875. The first-order valence-electron chi connectivity index (χ1n) is 4.17. The van der Waals surface area contributed by atoms with Gasteiger partial charge in [-0.1, -0.05) is 6.42 Å². The van der Waals surface area contributed by atoms with Gasteiger partial charge in [0.25, 0.3) is 0 Å². The third-order valence-electron chi connectivity index (χ3n) is 2.11. The van der Waals surface area contributed by atoms with E-state index in [1.165, 1.54) is 19.3 Å². The molecule has 0 radical (unpaired) electrons. The van der Waals surface area contributed by atoms with Crippen LogP contribution in [0, 0.1) is 5.41 Å². The van der Waals surface area contributed by atoms with E-state index in [0.717, 1.165) is 25.3 Å². The lowest BCUT2D eigenvalue weighted by Gasteiger charge is -2.20. The van der Waals surface area contributed by atoms with Crippen LogP contribution in [0.1, 0.15) is 32.6 Å². The zero-order chi connectivity index (χ0) is 7.40. The number of hydrogen-bond acceptors (Lipinski definition) is 1. The molecule has 1 heterocycles. The molecular formula is C8H16N2. The lowest BCUT2D eigenvalue weighted by atomic mass is 10.2. The van der Waals surface area contributed by atoms with Crippen LogP contribution in [0.4, 0.5) is 0 Å². The van der Waals surface area contributed by atoms with Crippen molar-refractivity contribution in [2.24, 2.45) is 0 Å². The Labute approximate surface area is 62.7 Å². The molecule has 1 fully saturated rings. The third-order valence-corrected chi connectivity index (χ3v) is 2.11. The third kappa shape index (κ3) is 1.72. The highest BCUT2D eigenvalue weighted by Crippen LogP contribution is 2.10. The molecule has 0 bridgehead atoms. The van der Waals surface area contributed by atoms with Gasteiger partial charge in [0.1, 0.15) is 0 Å². The maximum Gasteiger partial charge on any atom is 0.0957 e. The van der Waals surface area contributed by atoms with Crippen LogP contribution in [0.3, 0.4) is 0 Å². The monoisotopic (exact) mass is 140 g/mol. The van der Waals surface area contributed by atoms with Crippen LogP contribution in [0.5, 0.6) is 0 Å². The van der Waals surface area contributed by atoms with E-state index in [-0.39, 0.29) is 0 Å². The number of nitrogens with zero attached hydrogens (tertiary/aromatic N) is 1. The van der Waals surface area contributed by atoms with Crippen molar-refractivity contribution in [1.29, 1.82) is 5.41 Å². The topological polar surface area (TPSA) is 27.1 Å². The van der Waals surface area contributed by atoms with E-state index in [1.807, 2.05) is 0 Å². The Bertz CT molecular complexity index is 120. The van der Waals surface area contributed by atoms with Crippen LogP contribution in [-0.4, -0.2) is 23.8 Å². The summed E-state index contributed by atoms with van der Waals surface area (Å²) in [6.45, 7) is 4.24. The van der Waals surface area contributed by atoms with E-state index in [0.29, 0.717) is 0 Å². The second kappa shape index (κ2) is 3.59. The van der Waals surface area contributed by atoms with Gasteiger partial charge in [-0.2, -0.15) is 0 Å². The van der Waals surface area contributed by atoms with E-state index in [9.17, 15) is 0 Å². The molecule has 0 unspecified atom stereocenters. The summed E-state index contributed by atoms with van der Waals surface area (Å²) in [5.74, 6) is 0.847. The molecule has 0 aromatic carbocycles. The molecule has 0 amide bonds. The number of amidine groups is 1. The second-order valence-corrected chi connectivity index (χ2v) is 2.84. The van der Waals surface area contributed by atoms with E-state index in [1.54, 1.807) is 0 Å². The SMILES string of the molecule is CCN1CCCCCC1=N. The molecular weight excluding hydrogens is 124 g/mol. The van der Waals surface area contributed by atoms with E-state index >= 15 is 0 Å². The first-order chi connectivity index (χ1) is 4.84. The average Bonchev–Trinajstić information content (AvgIpc) is 2.13. The summed E-state index contributed by atoms with van der Waals surface area (Å²) in [7, 11) is 0. The van der Waals surface area contributed by atoms with Crippen molar-refractivity contribution in [3.05, 3.63) is 0 Å². The minimum atomic E-state index is 0.847. The van der Waals surface area contributed by atoms with Gasteiger partial charge in [-0.05, 0) is 19.8 Å². The number of rotatable bonds is 1. The van der Waals surface area contributed by atoms with E-state index in [2.05, 4.69) is 11.8 Å². The van der Waals surface area contributed by atoms with Crippen LogP contribution in [0.25, 0.3) is 0 Å². The largest absolute Gasteiger partial charge is 0.361 e. The number of likely N-dealkylation sites (tertiary alicyclic amines) is 1.